The molecule has 5 rings (SSSR count). The molecule has 1 saturated heterocycles. The first kappa shape index (κ1) is 82.7. The summed E-state index contributed by atoms with van der Waals surface area (Å²) in [5, 5.41) is 83.8. The highest BCUT2D eigenvalue weighted by Crippen LogP contribution is 2.24. The van der Waals surface area contributed by atoms with Crippen LogP contribution in [0.25, 0.3) is 10.9 Å². The van der Waals surface area contributed by atoms with E-state index in [1.807, 2.05) is 18.2 Å². The topological polar surface area (TPSA) is 540 Å². The Morgan fingerprint density at radius 3 is 1.74 bits per heavy atom. The van der Waals surface area contributed by atoms with Gasteiger partial charge in [-0.1, -0.05) is 76.6 Å². The van der Waals surface area contributed by atoms with Gasteiger partial charge in [0.2, 0.25) is 65.0 Å². The fourth-order valence-electron chi connectivity index (χ4n) is 11.2. The number of aliphatic hydroxyl groups excluding tert-OH is 1. The first-order chi connectivity index (χ1) is 48.1. The second-order valence-electron chi connectivity index (χ2n) is 25.5. The number of aromatic nitrogens is 1. The van der Waals surface area contributed by atoms with Gasteiger partial charge in [0.1, 0.15) is 71.9 Å². The van der Waals surface area contributed by atoms with E-state index in [2.05, 4.69) is 78.1 Å². The number of nitrogens with two attached hydrogens (primary N) is 2. The number of carboxylic acid groups (broad SMARTS) is 3. The van der Waals surface area contributed by atoms with Crippen molar-refractivity contribution in [1.82, 2.24) is 57.7 Å². The third-order valence-corrected chi connectivity index (χ3v) is 17.7. The number of carbonyl (C=O) groups excluding carboxylic acids is 11. The SMILES string of the molecule is CC[C@H](C)[C@H](NC(=O)[C@H](Cc1ccc(O)cc1)NC(=O)[C@H](CS)NC(=O)[C@H](CC(C)C)NC(=O)[C@H](CC(=O)O)NC(=O)[C@H](Cc1ccc(O)c(C)c1)NC(=O)[C@@H]1C[C@@H](O)CN1C(=O)[C@H](CS)NC(=O)[C@@H](CCC(=O)O)NC(=O)[C@@H](N)Cc1c[nH]c2ccccc12)C(=O)N[C@@H](CCC(N)=O)C(=O)O. The number of primary amides is 1. The zero-order valence-electron chi connectivity index (χ0n) is 56.8. The molecule has 1 fully saturated rings. The number of likely N-dealkylation sites (tertiary alicyclic amines) is 1. The van der Waals surface area contributed by atoms with E-state index >= 15 is 0 Å². The van der Waals surface area contributed by atoms with Gasteiger partial charge in [0.05, 0.1) is 18.6 Å². The van der Waals surface area contributed by atoms with Gasteiger partial charge in [0.25, 0.3) is 0 Å². The third kappa shape index (κ3) is 25.0. The lowest BCUT2D eigenvalue weighted by molar-refractivity contribution is -0.143. The fourth-order valence-corrected chi connectivity index (χ4v) is 11.7. The molecule has 13 atom stereocenters. The van der Waals surface area contributed by atoms with Crippen LogP contribution in [0.4, 0.5) is 0 Å². The number of thiol groups is 2. The van der Waals surface area contributed by atoms with Crippen LogP contribution in [0, 0.1) is 18.8 Å². The lowest BCUT2D eigenvalue weighted by Gasteiger charge is -2.30. The molecule has 33 nitrogen and oxygen atoms in total. The van der Waals surface area contributed by atoms with E-state index in [4.69, 9.17) is 11.5 Å². The van der Waals surface area contributed by atoms with E-state index in [1.54, 1.807) is 40.0 Å². The van der Waals surface area contributed by atoms with E-state index in [0.29, 0.717) is 22.3 Å². The molecule has 0 unspecified atom stereocenters. The molecule has 4 aromatic rings. The average Bonchev–Trinajstić information content (AvgIpc) is 1.62. The summed E-state index contributed by atoms with van der Waals surface area (Å²) in [4.78, 5) is 194. The first-order valence-corrected chi connectivity index (χ1v) is 34.1. The first-order valence-electron chi connectivity index (χ1n) is 32.9. The van der Waals surface area contributed by atoms with Gasteiger partial charge in [-0.05, 0) is 91.0 Å². The fraction of sp³-hybridized carbons (Fsp3) is 0.493. The number of amides is 11. The number of phenolic OH excluding ortho intramolecular Hbond substituents is 2. The summed E-state index contributed by atoms with van der Waals surface area (Å²) in [5.41, 5.74) is 14.0. The molecule has 35 heteroatoms. The summed E-state index contributed by atoms with van der Waals surface area (Å²) < 4.78 is 0. The minimum absolute atomic E-state index is 0.0144. The number of aromatic amines is 1. The predicted octanol–water partition coefficient (Wildman–Crippen LogP) is -1.79. The molecule has 0 aliphatic carbocycles. The Hall–Kier alpha value is -10.0. The number of phenols is 2. The number of aryl methyl sites for hydroxylation is 1. The number of aliphatic carboxylic acids is 3. The number of fused-ring (bicyclic) bond motifs is 1. The van der Waals surface area contributed by atoms with Crippen molar-refractivity contribution in [2.24, 2.45) is 23.3 Å². The molecule has 0 spiro atoms. The van der Waals surface area contributed by atoms with E-state index in [-0.39, 0.29) is 50.0 Å². The smallest absolute Gasteiger partial charge is 0.326 e. The molecule has 102 heavy (non-hydrogen) atoms. The Kier molecular flexibility index (Phi) is 31.8. The Bertz CT molecular complexity index is 3690. The Morgan fingerprint density at radius 2 is 1.13 bits per heavy atom. The maximum absolute atomic E-state index is 14.6. The van der Waals surface area contributed by atoms with E-state index in [1.165, 1.54) is 49.4 Å². The summed E-state index contributed by atoms with van der Waals surface area (Å²) in [7, 11) is 0. The van der Waals surface area contributed by atoms with Gasteiger partial charge in [0.15, 0.2) is 0 Å². The number of rotatable bonds is 40. The van der Waals surface area contributed by atoms with Crippen LogP contribution in [0.3, 0.4) is 0 Å². The van der Waals surface area contributed by atoms with Crippen LogP contribution < -0.4 is 59.3 Å². The van der Waals surface area contributed by atoms with E-state index < -0.39 is 217 Å². The number of β-amino-alcohol motifs (C(OH)–C–C–N with tert-alkyl or cyclic N) is 1. The Labute approximate surface area is 597 Å². The predicted molar refractivity (Wildman–Crippen MR) is 374 cm³/mol. The lowest BCUT2D eigenvalue weighted by atomic mass is 9.96. The molecule has 20 N–H and O–H groups in total. The monoisotopic (exact) mass is 1460 g/mol. The molecular formula is C67H91N13O20S2. The second kappa shape index (κ2) is 39.3. The number of para-hydroxylation sites is 1. The summed E-state index contributed by atoms with van der Waals surface area (Å²) in [5.74, 6) is -17.8. The molecule has 556 valence electrons. The summed E-state index contributed by atoms with van der Waals surface area (Å²) in [6, 6.07) is -0.532. The Morgan fingerprint density at radius 1 is 0.598 bits per heavy atom. The van der Waals surface area contributed by atoms with Crippen LogP contribution >= 0.6 is 25.3 Å². The van der Waals surface area contributed by atoms with Gasteiger partial charge in [-0.3, -0.25) is 62.3 Å². The van der Waals surface area contributed by atoms with Crippen LogP contribution in [-0.2, 0) is 86.4 Å². The van der Waals surface area contributed by atoms with Crippen LogP contribution in [-0.4, -0.2) is 214 Å². The quantitative estimate of drug-likeness (QED) is 0.0219. The van der Waals surface area contributed by atoms with Crippen molar-refractivity contribution < 1.29 is 97.8 Å². The zero-order chi connectivity index (χ0) is 75.8. The van der Waals surface area contributed by atoms with Gasteiger partial charge in [-0.25, -0.2) is 4.79 Å². The number of carboxylic acids is 3. The van der Waals surface area contributed by atoms with Crippen molar-refractivity contribution in [3.05, 3.63) is 95.2 Å². The molecule has 0 bridgehead atoms. The van der Waals surface area contributed by atoms with Crippen LogP contribution in [0.2, 0.25) is 0 Å². The second-order valence-corrected chi connectivity index (χ2v) is 26.2. The third-order valence-electron chi connectivity index (χ3n) is 17.0. The highest BCUT2D eigenvalue weighted by atomic mass is 32.1. The van der Waals surface area contributed by atoms with Gasteiger partial charge in [-0.15, -0.1) is 0 Å². The molecular weight excluding hydrogens is 1370 g/mol. The van der Waals surface area contributed by atoms with Gasteiger partial charge in [-0.2, -0.15) is 25.3 Å². The summed E-state index contributed by atoms with van der Waals surface area (Å²) in [6.07, 6.45) is -3.66. The highest BCUT2D eigenvalue weighted by molar-refractivity contribution is 7.80. The number of nitrogens with one attached hydrogen (secondary N) is 10. The van der Waals surface area contributed by atoms with Gasteiger partial charge < -0.3 is 99.8 Å². The minimum Gasteiger partial charge on any atom is -0.508 e. The maximum Gasteiger partial charge on any atom is 0.326 e. The van der Waals surface area contributed by atoms with E-state index in [9.17, 15) is 97.8 Å². The number of carbonyl (C=O) groups is 14. The van der Waals surface area contributed by atoms with Gasteiger partial charge >= 0.3 is 17.9 Å². The van der Waals surface area contributed by atoms with Crippen LogP contribution in [0.15, 0.2) is 72.9 Å². The molecule has 11 amide bonds. The number of benzene rings is 3. The molecule has 2 heterocycles. The molecule has 0 radical (unpaired) electrons. The average molecular weight is 1460 g/mol. The number of nitrogens with zero attached hydrogens (tertiary/aromatic N) is 1. The Balaban J connectivity index is 1.35. The largest absolute Gasteiger partial charge is 0.508 e. The molecule has 1 aliphatic rings. The summed E-state index contributed by atoms with van der Waals surface area (Å²) in [6.45, 7) is 7.63. The van der Waals surface area contributed by atoms with Crippen LogP contribution in [0.1, 0.15) is 101 Å². The standard InChI is InChI=1S/C67H91N13O20S2/c1-6-33(4)56(65(97)72-44(67(99)100)16-19-53(69)84)79-62(94)46(23-35-11-14-38(81)15-12-35)74-63(95)49(30-101)77-59(91)45(21-32(2)3)73-61(93)48(27-55(87)88)75-60(92)47(24-36-13-18-52(83)34(5)22-36)76-64(96)51-26-39(82)29-80(51)66(98)50(31-102)78-58(90)43(17-20-54(85)86)71-57(89)41(68)25-37-28-70-42-10-8-7-9-40(37)42/h7-15,18,22,28,32-33,39,41,43-51,56,70,81-83,101-102H,6,16-17,19-21,23-27,29-31,68H2,1-5H3,(H2,69,84)(H,71,89)(H,72,97)(H,73,93)(H,74,95)(H,75,92)(H,76,96)(H,77,91)(H,78,90)(H,79,94)(H,85,86)(H,87,88)(H,99,100)/t33-,39+,41-,43+,44-,45-,46-,47-,48-,49-,50-,51-,56-/m0/s1. The molecule has 1 aromatic heterocycles. The van der Waals surface area contributed by atoms with Crippen LogP contribution in [0.5, 0.6) is 11.5 Å². The normalized spacial score (nSPS) is 16.7. The lowest BCUT2D eigenvalue weighted by Crippen LogP contribution is -2.61. The number of aliphatic hydroxyl groups is 1. The number of H-pyrrole nitrogens is 1. The van der Waals surface area contributed by atoms with Crippen molar-refractivity contribution in [2.45, 2.75) is 178 Å². The molecule has 1 aliphatic heterocycles. The van der Waals surface area contributed by atoms with Crippen molar-refractivity contribution in [3.8, 4) is 11.5 Å². The molecule has 3 aromatic carbocycles. The summed E-state index contributed by atoms with van der Waals surface area (Å²) >= 11 is 8.55. The highest BCUT2D eigenvalue weighted by Gasteiger charge is 2.44. The number of hydrogen-bond acceptors (Lipinski definition) is 20. The van der Waals surface area contributed by atoms with Gasteiger partial charge in [0, 0.05) is 67.3 Å². The van der Waals surface area contributed by atoms with Crippen molar-refractivity contribution in [1.29, 1.82) is 0 Å². The van der Waals surface area contributed by atoms with Crippen molar-refractivity contribution >= 4 is 119 Å². The number of aromatic hydroxyl groups is 2. The maximum atomic E-state index is 14.6. The van der Waals surface area contributed by atoms with E-state index in [0.717, 1.165) is 15.8 Å². The number of hydrogen-bond donors (Lipinski definition) is 20. The van der Waals surface area contributed by atoms with Crippen molar-refractivity contribution in [3.63, 3.8) is 0 Å². The molecule has 0 saturated carbocycles. The minimum atomic E-state index is -2.02. The zero-order valence-corrected chi connectivity index (χ0v) is 58.6. The van der Waals surface area contributed by atoms with Crippen molar-refractivity contribution in [2.75, 3.05) is 18.1 Å².